The molecule has 0 amide bonds. The molecule has 5 heteroatoms. The van der Waals surface area contributed by atoms with E-state index in [4.69, 9.17) is 25.6 Å². The van der Waals surface area contributed by atoms with E-state index in [1.807, 2.05) is 6.07 Å². The first-order chi connectivity index (χ1) is 12.9. The molecule has 1 aliphatic carbocycles. The molecule has 1 saturated heterocycles. The number of rotatable bonds is 6. The fourth-order valence-electron chi connectivity index (χ4n) is 5.14. The van der Waals surface area contributed by atoms with Gasteiger partial charge >= 0.3 is 183 Å². The van der Waals surface area contributed by atoms with Gasteiger partial charge in [-0.2, -0.15) is 0 Å². The first-order valence-electron chi connectivity index (χ1n) is 10.6. The van der Waals surface area contributed by atoms with Crippen molar-refractivity contribution < 1.29 is 32.8 Å². The van der Waals surface area contributed by atoms with E-state index >= 15 is 0 Å². The normalized spacial score (nSPS) is 37.7. The van der Waals surface area contributed by atoms with Crippen LogP contribution in [0.4, 0.5) is 0 Å². The summed E-state index contributed by atoms with van der Waals surface area (Å²) in [7, 11) is 13.3. The fraction of sp³-hybridized carbons (Fsp3) is 0.727. The molecule has 2 nitrogen and oxygen atoms in total. The number of ether oxygens (including phenoxy) is 2. The van der Waals surface area contributed by atoms with Crippen LogP contribution < -0.4 is 0 Å². The number of hydrogen-bond acceptors (Lipinski definition) is 2. The molecule has 1 saturated carbocycles. The maximum atomic E-state index is 6.96. The third kappa shape index (κ3) is 4.78. The Morgan fingerprint density at radius 3 is 2.48 bits per heavy atom. The molecule has 1 aromatic rings. The molecule has 0 bridgehead atoms. The molecule has 0 N–H and O–H groups in total. The fourth-order valence-corrected chi connectivity index (χ4v) is 12.3. The van der Waals surface area contributed by atoms with Crippen molar-refractivity contribution in [1.82, 2.24) is 0 Å². The summed E-state index contributed by atoms with van der Waals surface area (Å²) in [5, 5.41) is -0.540. The quantitative estimate of drug-likeness (QED) is 0.391. The van der Waals surface area contributed by atoms with E-state index in [9.17, 15) is 0 Å². The van der Waals surface area contributed by atoms with Gasteiger partial charge in [-0.1, -0.05) is 0 Å². The Morgan fingerprint density at radius 2 is 1.85 bits per heavy atom. The van der Waals surface area contributed by atoms with Crippen molar-refractivity contribution >= 4 is 16.1 Å². The van der Waals surface area contributed by atoms with Crippen LogP contribution in [-0.2, 0) is 39.4 Å². The van der Waals surface area contributed by atoms with E-state index in [1.54, 1.807) is 0 Å². The molecule has 2 fully saturated rings. The second-order valence-corrected chi connectivity index (χ2v) is 15.7. The van der Waals surface area contributed by atoms with Crippen molar-refractivity contribution in [3.8, 4) is 0 Å². The molecule has 0 spiro atoms. The molecular formula is C22H32BClHgO2. The summed E-state index contributed by atoms with van der Waals surface area (Å²) in [4.78, 5) is 0. The molecule has 2 radical (unpaired) electrons. The van der Waals surface area contributed by atoms with E-state index in [2.05, 4.69) is 45.0 Å². The Morgan fingerprint density at radius 1 is 1.19 bits per heavy atom. The van der Waals surface area contributed by atoms with E-state index < -0.39 is 28.7 Å². The van der Waals surface area contributed by atoms with Crippen LogP contribution in [0.3, 0.4) is 0 Å². The van der Waals surface area contributed by atoms with Crippen LogP contribution in [-0.4, -0.2) is 25.7 Å². The van der Waals surface area contributed by atoms with Crippen molar-refractivity contribution in [3.63, 3.8) is 0 Å². The molecule has 144 valence electrons. The zero-order valence-corrected chi connectivity index (χ0v) is 23.4. The molecule has 1 aliphatic heterocycles. The third-order valence-corrected chi connectivity index (χ3v) is 13.2. The van der Waals surface area contributed by atoms with Gasteiger partial charge in [0, 0.05) is 0 Å². The van der Waals surface area contributed by atoms with Gasteiger partial charge in [-0.3, -0.25) is 0 Å². The van der Waals surface area contributed by atoms with Gasteiger partial charge in [0.15, 0.2) is 0 Å². The van der Waals surface area contributed by atoms with Crippen molar-refractivity contribution in [3.05, 3.63) is 35.9 Å². The summed E-state index contributed by atoms with van der Waals surface area (Å²) in [6.07, 6.45) is 6.73. The minimum atomic E-state index is -1.45. The Labute approximate surface area is 182 Å². The van der Waals surface area contributed by atoms with Crippen LogP contribution >= 0.6 is 8.25 Å². The summed E-state index contributed by atoms with van der Waals surface area (Å²) in [6, 6.07) is 10.4. The predicted octanol–water partition coefficient (Wildman–Crippen LogP) is 5.95. The topological polar surface area (TPSA) is 18.5 Å². The van der Waals surface area contributed by atoms with Crippen molar-refractivity contribution in [2.75, 3.05) is 0 Å². The Kier molecular flexibility index (Phi) is 7.78. The molecular weight excluding hydrogens is 543 g/mol. The SMILES string of the molecule is [B]C1(C)C(OCc2ccccc2)C(C)C(C2CCCCC2)OC1(C)[CH2][Hg][Cl]. The van der Waals surface area contributed by atoms with E-state index in [-0.39, 0.29) is 23.7 Å². The van der Waals surface area contributed by atoms with Crippen LogP contribution in [0.5, 0.6) is 0 Å². The Bertz CT molecular complexity index is 593. The van der Waals surface area contributed by atoms with Crippen molar-refractivity contribution in [2.24, 2.45) is 11.8 Å². The zero-order chi connectivity index (χ0) is 19.5. The summed E-state index contributed by atoms with van der Waals surface area (Å²) in [5.74, 6) is 0.908. The molecule has 1 heterocycles. The van der Waals surface area contributed by atoms with Crippen LogP contribution in [0, 0.1) is 11.8 Å². The minimum absolute atomic E-state index is 0.0278. The first kappa shape index (κ1) is 22.1. The van der Waals surface area contributed by atoms with Crippen LogP contribution in [0.2, 0.25) is 9.24 Å². The van der Waals surface area contributed by atoms with E-state index in [1.165, 1.54) is 37.7 Å². The van der Waals surface area contributed by atoms with Crippen LogP contribution in [0.15, 0.2) is 30.3 Å². The van der Waals surface area contributed by atoms with E-state index in [0.29, 0.717) is 12.5 Å². The van der Waals surface area contributed by atoms with Gasteiger partial charge in [0.2, 0.25) is 0 Å². The molecule has 0 aromatic heterocycles. The first-order valence-corrected chi connectivity index (χ1v) is 21.2. The van der Waals surface area contributed by atoms with Gasteiger partial charge in [-0.05, 0) is 0 Å². The molecule has 2 aliphatic rings. The average Bonchev–Trinajstić information content (AvgIpc) is 2.67. The number of halogens is 1. The van der Waals surface area contributed by atoms with Gasteiger partial charge < -0.3 is 0 Å². The third-order valence-electron chi connectivity index (χ3n) is 7.08. The number of hydrogen-bond donors (Lipinski definition) is 0. The molecule has 1 aromatic carbocycles. The summed E-state index contributed by atoms with van der Waals surface area (Å²) in [5.41, 5.74) is 0.812. The molecule has 27 heavy (non-hydrogen) atoms. The van der Waals surface area contributed by atoms with Crippen LogP contribution in [0.25, 0.3) is 0 Å². The van der Waals surface area contributed by atoms with Gasteiger partial charge in [0.25, 0.3) is 0 Å². The van der Waals surface area contributed by atoms with E-state index in [0.717, 1.165) is 3.93 Å². The van der Waals surface area contributed by atoms with Gasteiger partial charge in [-0.15, -0.1) is 0 Å². The van der Waals surface area contributed by atoms with Crippen molar-refractivity contribution in [2.45, 2.75) is 86.5 Å². The molecule has 3 rings (SSSR count). The Balaban J connectivity index is 1.84. The van der Waals surface area contributed by atoms with Gasteiger partial charge in [0.1, 0.15) is 0 Å². The molecule has 5 unspecified atom stereocenters. The average molecular weight is 575 g/mol. The standard InChI is InChI=1S/C22H32BO2.ClH.Hg/c1-16-19(18-13-9-6-10-14-18)25-21(2,3)22(4,23)20(16)24-15-17-11-7-5-8-12-17;;/h5,7-8,11-12,16,18-20H,2,6,9-10,13-15H2,1,3-4H3;1H;/q;;+1/p-1. The second kappa shape index (κ2) is 9.49. The number of benzene rings is 1. The Hall–Kier alpha value is 0.430. The van der Waals surface area contributed by atoms with Crippen LogP contribution in [0.1, 0.15) is 58.4 Å². The summed E-state index contributed by atoms with van der Waals surface area (Å²) in [6.45, 7) is 7.19. The summed E-state index contributed by atoms with van der Waals surface area (Å²) >= 11 is -1.45. The molecule has 5 atom stereocenters. The van der Waals surface area contributed by atoms with Gasteiger partial charge in [0.05, 0.1) is 0 Å². The maximum absolute atomic E-state index is 6.96. The van der Waals surface area contributed by atoms with Crippen molar-refractivity contribution in [1.29, 1.82) is 0 Å². The van der Waals surface area contributed by atoms with Gasteiger partial charge in [-0.25, -0.2) is 0 Å². The second-order valence-electron chi connectivity index (χ2n) is 9.01. The zero-order valence-electron chi connectivity index (χ0n) is 17.1. The summed E-state index contributed by atoms with van der Waals surface area (Å²) < 4.78 is 14.3. The predicted molar refractivity (Wildman–Crippen MR) is 109 cm³/mol. The monoisotopic (exact) mass is 576 g/mol.